The molecular formula is C16H12ClN3O. The van der Waals surface area contributed by atoms with Gasteiger partial charge in [-0.15, -0.1) is 0 Å². The molecular weight excluding hydrogens is 286 g/mol. The third kappa shape index (κ3) is 2.85. The summed E-state index contributed by atoms with van der Waals surface area (Å²) in [4.78, 5) is 19.9. The van der Waals surface area contributed by atoms with Crippen LogP contribution in [0.25, 0.3) is 10.9 Å². The predicted molar refractivity (Wildman–Crippen MR) is 82.3 cm³/mol. The molecule has 2 heterocycles. The number of benzene rings is 1. The van der Waals surface area contributed by atoms with E-state index in [-0.39, 0.29) is 0 Å². The Kier molecular flexibility index (Phi) is 3.54. The third-order valence-electron chi connectivity index (χ3n) is 3.27. The van der Waals surface area contributed by atoms with Gasteiger partial charge >= 0.3 is 0 Å². The van der Waals surface area contributed by atoms with Crippen LogP contribution in [-0.4, -0.2) is 15.9 Å². The molecule has 0 aliphatic carbocycles. The Morgan fingerprint density at radius 2 is 2.05 bits per heavy atom. The Balaban J connectivity index is 1.99. The van der Waals surface area contributed by atoms with E-state index in [9.17, 15) is 4.79 Å². The van der Waals surface area contributed by atoms with Gasteiger partial charge in [-0.05, 0) is 35.4 Å². The maximum atomic E-state index is 11.4. The van der Waals surface area contributed by atoms with Gasteiger partial charge in [0.1, 0.15) is 0 Å². The van der Waals surface area contributed by atoms with Crippen LogP contribution in [-0.2, 0) is 6.42 Å². The minimum Gasteiger partial charge on any atom is -0.366 e. The first-order valence-electron chi connectivity index (χ1n) is 6.40. The van der Waals surface area contributed by atoms with Crippen molar-refractivity contribution in [1.82, 2.24) is 9.97 Å². The Bertz CT molecular complexity index is 833. The van der Waals surface area contributed by atoms with Crippen molar-refractivity contribution in [3.05, 3.63) is 70.6 Å². The lowest BCUT2D eigenvalue weighted by molar-refractivity contribution is 0.0999. The van der Waals surface area contributed by atoms with Gasteiger partial charge in [0.2, 0.25) is 5.91 Å². The fraction of sp³-hybridized carbons (Fsp3) is 0.0625. The van der Waals surface area contributed by atoms with Gasteiger partial charge in [0.05, 0.1) is 5.52 Å². The van der Waals surface area contributed by atoms with Crippen LogP contribution in [0.4, 0.5) is 0 Å². The Morgan fingerprint density at radius 3 is 2.86 bits per heavy atom. The molecule has 2 N–H and O–H groups in total. The van der Waals surface area contributed by atoms with Gasteiger partial charge in [-0.25, -0.2) is 0 Å². The largest absolute Gasteiger partial charge is 0.366 e. The second kappa shape index (κ2) is 5.50. The molecule has 1 aromatic carbocycles. The average Bonchev–Trinajstić information content (AvgIpc) is 2.48. The number of primary amides is 1. The number of hydrogen-bond acceptors (Lipinski definition) is 3. The molecule has 0 unspecified atom stereocenters. The zero-order valence-electron chi connectivity index (χ0n) is 11.1. The summed E-state index contributed by atoms with van der Waals surface area (Å²) in [6.07, 6.45) is 5.55. The number of pyridine rings is 2. The summed E-state index contributed by atoms with van der Waals surface area (Å²) in [6, 6.07) is 9.22. The molecule has 21 heavy (non-hydrogen) atoms. The number of carbonyl (C=O) groups excluding carboxylic acids is 1. The lowest BCUT2D eigenvalue weighted by Gasteiger charge is -2.07. The van der Waals surface area contributed by atoms with Crippen LogP contribution in [0.1, 0.15) is 21.5 Å². The SMILES string of the molecule is NC(=O)c1ccncc1Cc1cnc2cc(Cl)ccc2c1. The van der Waals surface area contributed by atoms with E-state index in [0.29, 0.717) is 17.0 Å². The van der Waals surface area contributed by atoms with E-state index in [1.807, 2.05) is 24.3 Å². The van der Waals surface area contributed by atoms with E-state index in [4.69, 9.17) is 17.3 Å². The molecule has 0 saturated carbocycles. The van der Waals surface area contributed by atoms with E-state index >= 15 is 0 Å². The Morgan fingerprint density at radius 1 is 1.19 bits per heavy atom. The van der Waals surface area contributed by atoms with Gasteiger partial charge < -0.3 is 5.73 Å². The minimum absolute atomic E-state index is 0.451. The topological polar surface area (TPSA) is 68.9 Å². The number of carbonyl (C=O) groups is 1. The van der Waals surface area contributed by atoms with E-state index in [1.54, 1.807) is 24.7 Å². The molecule has 2 aromatic heterocycles. The smallest absolute Gasteiger partial charge is 0.249 e. The number of nitrogens with two attached hydrogens (primary N) is 1. The molecule has 0 bridgehead atoms. The summed E-state index contributed by atoms with van der Waals surface area (Å²) in [5, 5.41) is 1.66. The number of hydrogen-bond donors (Lipinski definition) is 1. The highest BCUT2D eigenvalue weighted by atomic mass is 35.5. The van der Waals surface area contributed by atoms with Crippen molar-refractivity contribution in [2.24, 2.45) is 5.73 Å². The molecule has 3 aromatic rings. The molecule has 0 radical (unpaired) electrons. The zero-order valence-corrected chi connectivity index (χ0v) is 11.8. The first kappa shape index (κ1) is 13.5. The lowest BCUT2D eigenvalue weighted by Crippen LogP contribution is -2.14. The maximum absolute atomic E-state index is 11.4. The second-order valence-electron chi connectivity index (χ2n) is 4.75. The van der Waals surface area contributed by atoms with E-state index in [0.717, 1.165) is 22.0 Å². The molecule has 0 aliphatic rings. The minimum atomic E-state index is -0.451. The summed E-state index contributed by atoms with van der Waals surface area (Å²) in [6.45, 7) is 0. The molecule has 3 rings (SSSR count). The van der Waals surface area contributed by atoms with Crippen molar-refractivity contribution in [3.8, 4) is 0 Å². The van der Waals surface area contributed by atoms with Crippen molar-refractivity contribution in [2.45, 2.75) is 6.42 Å². The second-order valence-corrected chi connectivity index (χ2v) is 5.19. The molecule has 0 atom stereocenters. The molecule has 0 aliphatic heterocycles. The number of fused-ring (bicyclic) bond motifs is 1. The summed E-state index contributed by atoms with van der Waals surface area (Å²) >= 11 is 5.94. The Labute approximate surface area is 126 Å². The third-order valence-corrected chi connectivity index (χ3v) is 3.50. The number of nitrogens with zero attached hydrogens (tertiary/aromatic N) is 2. The van der Waals surface area contributed by atoms with Crippen LogP contribution in [0.3, 0.4) is 0 Å². The maximum Gasteiger partial charge on any atom is 0.249 e. The quantitative estimate of drug-likeness (QED) is 0.808. The van der Waals surface area contributed by atoms with E-state index in [2.05, 4.69) is 9.97 Å². The van der Waals surface area contributed by atoms with Crippen LogP contribution < -0.4 is 5.73 Å². The molecule has 104 valence electrons. The van der Waals surface area contributed by atoms with Gasteiger partial charge in [0, 0.05) is 41.0 Å². The summed E-state index contributed by atoms with van der Waals surface area (Å²) in [7, 11) is 0. The average molecular weight is 298 g/mol. The molecule has 1 amide bonds. The Hall–Kier alpha value is -2.46. The first-order chi connectivity index (χ1) is 10.1. The summed E-state index contributed by atoms with van der Waals surface area (Å²) in [5.74, 6) is -0.451. The number of rotatable bonds is 3. The number of halogens is 1. The highest BCUT2D eigenvalue weighted by molar-refractivity contribution is 6.31. The predicted octanol–water partition coefficient (Wildman–Crippen LogP) is 2.97. The molecule has 0 saturated heterocycles. The molecule has 0 spiro atoms. The van der Waals surface area contributed by atoms with Crippen LogP contribution in [0.2, 0.25) is 5.02 Å². The van der Waals surface area contributed by atoms with E-state index in [1.165, 1.54) is 0 Å². The summed E-state index contributed by atoms with van der Waals surface area (Å²) in [5.41, 5.74) is 8.48. The molecule has 4 nitrogen and oxygen atoms in total. The van der Waals surface area contributed by atoms with Crippen LogP contribution in [0.15, 0.2) is 48.9 Å². The van der Waals surface area contributed by atoms with Crippen molar-refractivity contribution in [1.29, 1.82) is 0 Å². The van der Waals surface area contributed by atoms with Crippen molar-refractivity contribution >= 4 is 28.4 Å². The van der Waals surface area contributed by atoms with Gasteiger partial charge in [-0.2, -0.15) is 0 Å². The van der Waals surface area contributed by atoms with Gasteiger partial charge in [-0.1, -0.05) is 17.7 Å². The monoisotopic (exact) mass is 297 g/mol. The number of aromatic nitrogens is 2. The summed E-state index contributed by atoms with van der Waals surface area (Å²) < 4.78 is 0. The van der Waals surface area contributed by atoms with Crippen molar-refractivity contribution < 1.29 is 4.79 Å². The first-order valence-corrected chi connectivity index (χ1v) is 6.78. The zero-order chi connectivity index (χ0) is 14.8. The van der Waals surface area contributed by atoms with E-state index < -0.39 is 5.91 Å². The molecule has 5 heteroatoms. The van der Waals surface area contributed by atoms with Gasteiger partial charge in [-0.3, -0.25) is 14.8 Å². The van der Waals surface area contributed by atoms with Gasteiger partial charge in [0.15, 0.2) is 0 Å². The van der Waals surface area contributed by atoms with Crippen LogP contribution in [0, 0.1) is 0 Å². The standard InChI is InChI=1S/C16H12ClN3O/c17-13-2-1-11-5-10(8-20-15(11)7-13)6-12-9-19-4-3-14(12)16(18)21/h1-5,7-9H,6H2,(H2,18,21). The highest BCUT2D eigenvalue weighted by Crippen LogP contribution is 2.20. The van der Waals surface area contributed by atoms with Crippen molar-refractivity contribution in [2.75, 3.05) is 0 Å². The highest BCUT2D eigenvalue weighted by Gasteiger charge is 2.09. The normalized spacial score (nSPS) is 10.7. The lowest BCUT2D eigenvalue weighted by atomic mass is 10.0. The van der Waals surface area contributed by atoms with Crippen molar-refractivity contribution in [3.63, 3.8) is 0 Å². The van der Waals surface area contributed by atoms with Crippen LogP contribution >= 0.6 is 11.6 Å². The van der Waals surface area contributed by atoms with Gasteiger partial charge in [0.25, 0.3) is 0 Å². The number of amides is 1. The van der Waals surface area contributed by atoms with Crippen LogP contribution in [0.5, 0.6) is 0 Å². The fourth-order valence-electron chi connectivity index (χ4n) is 2.27. The molecule has 0 fully saturated rings. The fourth-order valence-corrected chi connectivity index (χ4v) is 2.43.